The standard InChI is InChI=1S/C14H14N4O/c1-17-3-2-10-12(17)4-13(11(5-15)16-10)18-6-14(7-18)8-19-9-14/h2-4H,6-9H2,1H3. The van der Waals surface area contributed by atoms with Gasteiger partial charge in [-0.3, -0.25) is 0 Å². The van der Waals surface area contributed by atoms with E-state index in [2.05, 4.69) is 22.0 Å². The van der Waals surface area contributed by atoms with E-state index in [0.717, 1.165) is 43.0 Å². The van der Waals surface area contributed by atoms with Gasteiger partial charge in [-0.1, -0.05) is 0 Å². The molecule has 0 amide bonds. The first-order valence-corrected chi connectivity index (χ1v) is 6.40. The second kappa shape index (κ2) is 3.49. The van der Waals surface area contributed by atoms with E-state index in [-0.39, 0.29) is 0 Å². The van der Waals surface area contributed by atoms with Gasteiger partial charge in [0, 0.05) is 26.3 Å². The minimum atomic E-state index is 0.343. The summed E-state index contributed by atoms with van der Waals surface area (Å²) in [6.45, 7) is 3.65. The highest BCUT2D eigenvalue weighted by molar-refractivity contribution is 5.82. The van der Waals surface area contributed by atoms with Gasteiger partial charge in [-0.2, -0.15) is 5.26 Å². The van der Waals surface area contributed by atoms with Crippen molar-refractivity contribution < 1.29 is 4.74 Å². The summed E-state index contributed by atoms with van der Waals surface area (Å²) in [4.78, 5) is 6.69. The molecule has 0 unspecified atom stereocenters. The van der Waals surface area contributed by atoms with Gasteiger partial charge in [0.1, 0.15) is 6.07 Å². The minimum absolute atomic E-state index is 0.343. The Labute approximate surface area is 111 Å². The maximum atomic E-state index is 9.28. The maximum absolute atomic E-state index is 9.28. The number of rotatable bonds is 1. The van der Waals surface area contributed by atoms with Gasteiger partial charge in [0.05, 0.1) is 35.3 Å². The highest BCUT2D eigenvalue weighted by Gasteiger charge is 2.49. The number of aryl methyl sites for hydroxylation is 1. The van der Waals surface area contributed by atoms with Crippen LogP contribution in [0.25, 0.3) is 11.0 Å². The van der Waals surface area contributed by atoms with E-state index in [4.69, 9.17) is 4.74 Å². The highest BCUT2D eigenvalue weighted by Crippen LogP contribution is 2.41. The highest BCUT2D eigenvalue weighted by atomic mass is 16.5. The zero-order valence-electron chi connectivity index (χ0n) is 10.8. The average molecular weight is 254 g/mol. The molecule has 0 saturated carbocycles. The Morgan fingerprint density at radius 1 is 1.42 bits per heavy atom. The van der Waals surface area contributed by atoms with Gasteiger partial charge in [-0.25, -0.2) is 4.98 Å². The zero-order valence-corrected chi connectivity index (χ0v) is 10.8. The van der Waals surface area contributed by atoms with Gasteiger partial charge in [-0.15, -0.1) is 0 Å². The Hall–Kier alpha value is -2.06. The molecule has 2 aliphatic heterocycles. The maximum Gasteiger partial charge on any atom is 0.164 e. The molecule has 2 aromatic rings. The minimum Gasteiger partial charge on any atom is -0.380 e. The molecule has 19 heavy (non-hydrogen) atoms. The molecule has 5 nitrogen and oxygen atoms in total. The van der Waals surface area contributed by atoms with Crippen molar-refractivity contribution >= 4 is 16.7 Å². The van der Waals surface area contributed by atoms with Gasteiger partial charge in [0.15, 0.2) is 5.69 Å². The van der Waals surface area contributed by atoms with Crippen LogP contribution in [0.5, 0.6) is 0 Å². The summed E-state index contributed by atoms with van der Waals surface area (Å²) >= 11 is 0. The van der Waals surface area contributed by atoms with Crippen molar-refractivity contribution in [2.75, 3.05) is 31.2 Å². The van der Waals surface area contributed by atoms with E-state index in [1.807, 2.05) is 23.9 Å². The molecule has 0 aliphatic carbocycles. The molecule has 5 heteroatoms. The van der Waals surface area contributed by atoms with Crippen molar-refractivity contribution in [3.05, 3.63) is 24.0 Å². The fourth-order valence-electron chi connectivity index (χ4n) is 3.01. The van der Waals surface area contributed by atoms with Gasteiger partial charge in [-0.05, 0) is 12.1 Å². The van der Waals surface area contributed by atoms with Crippen LogP contribution in [0.3, 0.4) is 0 Å². The molecule has 2 fully saturated rings. The number of nitriles is 1. The van der Waals surface area contributed by atoms with E-state index in [1.54, 1.807) is 0 Å². The summed E-state index contributed by atoms with van der Waals surface area (Å²) in [6.07, 6.45) is 1.97. The lowest BCUT2D eigenvalue weighted by Gasteiger charge is -2.56. The molecule has 0 radical (unpaired) electrons. The van der Waals surface area contributed by atoms with E-state index in [0.29, 0.717) is 11.1 Å². The first-order chi connectivity index (χ1) is 9.21. The number of aromatic nitrogens is 2. The summed E-state index contributed by atoms with van der Waals surface area (Å²) < 4.78 is 7.32. The van der Waals surface area contributed by atoms with Crippen molar-refractivity contribution in [2.24, 2.45) is 12.5 Å². The number of pyridine rings is 1. The Morgan fingerprint density at radius 2 is 2.21 bits per heavy atom. The van der Waals surface area contributed by atoms with E-state index in [9.17, 15) is 5.26 Å². The van der Waals surface area contributed by atoms with Crippen LogP contribution in [0.1, 0.15) is 5.69 Å². The summed E-state index contributed by atoms with van der Waals surface area (Å²) in [5.41, 5.74) is 3.77. The Kier molecular flexibility index (Phi) is 1.99. The van der Waals surface area contributed by atoms with Crippen LogP contribution in [0.2, 0.25) is 0 Å². The van der Waals surface area contributed by atoms with Crippen LogP contribution in [0.4, 0.5) is 5.69 Å². The monoisotopic (exact) mass is 254 g/mol. The van der Waals surface area contributed by atoms with Crippen molar-refractivity contribution in [1.29, 1.82) is 5.26 Å². The second-order valence-corrected chi connectivity index (χ2v) is 5.65. The van der Waals surface area contributed by atoms with Crippen LogP contribution in [0, 0.1) is 16.7 Å². The van der Waals surface area contributed by atoms with Crippen LogP contribution in [-0.2, 0) is 11.8 Å². The van der Waals surface area contributed by atoms with E-state index < -0.39 is 0 Å². The van der Waals surface area contributed by atoms with Crippen LogP contribution >= 0.6 is 0 Å². The molecule has 0 bridgehead atoms. The van der Waals surface area contributed by atoms with Gasteiger partial charge in [0.2, 0.25) is 0 Å². The number of fused-ring (bicyclic) bond motifs is 1. The zero-order chi connectivity index (χ0) is 13.0. The summed E-state index contributed by atoms with van der Waals surface area (Å²) in [5, 5.41) is 9.28. The smallest absolute Gasteiger partial charge is 0.164 e. The van der Waals surface area contributed by atoms with Crippen molar-refractivity contribution in [2.45, 2.75) is 0 Å². The molecular formula is C14H14N4O. The Bertz CT molecular complexity index is 700. The predicted octanol–water partition coefficient (Wildman–Crippen LogP) is 1.28. The molecule has 0 atom stereocenters. The normalized spacial score (nSPS) is 20.1. The number of nitrogens with zero attached hydrogens (tertiary/aromatic N) is 4. The van der Waals surface area contributed by atoms with Crippen LogP contribution < -0.4 is 4.90 Å². The van der Waals surface area contributed by atoms with E-state index in [1.165, 1.54) is 0 Å². The van der Waals surface area contributed by atoms with Gasteiger partial charge >= 0.3 is 0 Å². The molecule has 4 rings (SSSR count). The van der Waals surface area contributed by atoms with Crippen molar-refractivity contribution in [3.63, 3.8) is 0 Å². The molecule has 2 saturated heterocycles. The number of ether oxygens (including phenoxy) is 1. The van der Waals surface area contributed by atoms with Crippen molar-refractivity contribution in [1.82, 2.24) is 9.55 Å². The summed E-state index contributed by atoms with van der Waals surface area (Å²) in [6, 6.07) is 6.23. The first-order valence-electron chi connectivity index (χ1n) is 6.40. The van der Waals surface area contributed by atoms with Crippen LogP contribution in [0.15, 0.2) is 18.3 Å². The average Bonchev–Trinajstić information content (AvgIpc) is 2.66. The largest absolute Gasteiger partial charge is 0.380 e. The fraction of sp³-hybridized carbons (Fsp3) is 0.429. The summed E-state index contributed by atoms with van der Waals surface area (Å²) in [7, 11) is 2.00. The Morgan fingerprint density at radius 3 is 2.84 bits per heavy atom. The van der Waals surface area contributed by atoms with Gasteiger partial charge < -0.3 is 14.2 Å². The number of hydrogen-bond acceptors (Lipinski definition) is 4. The molecule has 0 aromatic carbocycles. The lowest BCUT2D eigenvalue weighted by atomic mass is 9.77. The molecular weight excluding hydrogens is 240 g/mol. The molecule has 0 N–H and O–H groups in total. The fourth-order valence-corrected chi connectivity index (χ4v) is 3.01. The SMILES string of the molecule is Cn1ccc2nc(C#N)c(N3CC4(COC4)C3)cc21. The summed E-state index contributed by atoms with van der Waals surface area (Å²) in [5.74, 6) is 0. The van der Waals surface area contributed by atoms with Crippen molar-refractivity contribution in [3.8, 4) is 6.07 Å². The van der Waals surface area contributed by atoms with Crippen LogP contribution in [-0.4, -0.2) is 35.9 Å². The molecule has 4 heterocycles. The number of anilines is 1. The quantitative estimate of drug-likeness (QED) is 0.769. The van der Waals surface area contributed by atoms with Gasteiger partial charge in [0.25, 0.3) is 0 Å². The molecule has 1 spiro atoms. The lowest BCUT2D eigenvalue weighted by Crippen LogP contribution is -2.66. The third kappa shape index (κ3) is 1.41. The molecule has 2 aromatic heterocycles. The molecule has 2 aliphatic rings. The third-order valence-electron chi connectivity index (χ3n) is 4.16. The first kappa shape index (κ1) is 10.8. The second-order valence-electron chi connectivity index (χ2n) is 5.65. The lowest BCUT2D eigenvalue weighted by molar-refractivity contribution is -0.127. The number of hydrogen-bond donors (Lipinski definition) is 0. The van der Waals surface area contributed by atoms with E-state index >= 15 is 0 Å². The molecule has 96 valence electrons. The predicted molar refractivity (Wildman–Crippen MR) is 70.9 cm³/mol. The topological polar surface area (TPSA) is 54.1 Å². The Balaban J connectivity index is 1.76. The third-order valence-corrected chi connectivity index (χ3v) is 4.16.